The van der Waals surface area contributed by atoms with Crippen LogP contribution in [0.4, 0.5) is 8.78 Å². The summed E-state index contributed by atoms with van der Waals surface area (Å²) >= 11 is 7.68. The molecule has 0 aliphatic heterocycles. The molecule has 1 nitrogen and oxygen atoms in total. The fourth-order valence-corrected chi connectivity index (χ4v) is 2.72. The van der Waals surface area contributed by atoms with Crippen LogP contribution in [0.15, 0.2) is 41.3 Å². The van der Waals surface area contributed by atoms with Gasteiger partial charge in [0, 0.05) is 9.92 Å². The van der Waals surface area contributed by atoms with Crippen LogP contribution in [0.3, 0.4) is 0 Å². The minimum atomic E-state index is -0.939. The van der Waals surface area contributed by atoms with Crippen LogP contribution in [0.5, 0.6) is 0 Å². The van der Waals surface area contributed by atoms with Crippen molar-refractivity contribution in [3.05, 3.63) is 64.2 Å². The first kappa shape index (κ1) is 15.3. The van der Waals surface area contributed by atoms with E-state index < -0.39 is 11.6 Å². The van der Waals surface area contributed by atoms with Gasteiger partial charge in [0.15, 0.2) is 11.6 Å². The molecular weight excluding hydrogens is 300 g/mol. The lowest BCUT2D eigenvalue weighted by Crippen LogP contribution is -2.18. The van der Waals surface area contributed by atoms with E-state index in [0.717, 1.165) is 22.6 Å². The van der Waals surface area contributed by atoms with Gasteiger partial charge in [-0.15, -0.1) is 11.8 Å². The fourth-order valence-electron chi connectivity index (χ4n) is 2.06. The van der Waals surface area contributed by atoms with Crippen molar-refractivity contribution >= 4 is 23.4 Å². The van der Waals surface area contributed by atoms with E-state index in [1.54, 1.807) is 18.8 Å². The molecule has 0 radical (unpaired) electrons. The smallest absolute Gasteiger partial charge is 0.160 e. The molecule has 0 aliphatic rings. The lowest BCUT2D eigenvalue weighted by atomic mass is 9.98. The molecule has 0 amide bonds. The summed E-state index contributed by atoms with van der Waals surface area (Å²) in [6, 6.07) is 9.73. The third-order valence-electron chi connectivity index (χ3n) is 3.09. The van der Waals surface area contributed by atoms with Gasteiger partial charge in [0.1, 0.15) is 0 Å². The van der Waals surface area contributed by atoms with E-state index in [0.29, 0.717) is 5.56 Å². The Morgan fingerprint density at radius 3 is 2.25 bits per heavy atom. The zero-order chi connectivity index (χ0) is 14.7. The van der Waals surface area contributed by atoms with Crippen LogP contribution in [-0.2, 0) is 0 Å². The van der Waals surface area contributed by atoms with Crippen molar-refractivity contribution in [2.45, 2.75) is 10.9 Å². The Morgan fingerprint density at radius 1 is 1.10 bits per heavy atom. The van der Waals surface area contributed by atoms with Crippen molar-refractivity contribution in [3.63, 3.8) is 0 Å². The van der Waals surface area contributed by atoms with Crippen LogP contribution in [0.25, 0.3) is 0 Å². The lowest BCUT2D eigenvalue weighted by molar-refractivity contribution is 0.505. The number of hydrogen-bond donors (Lipinski definition) is 1. The highest BCUT2D eigenvalue weighted by Crippen LogP contribution is 2.30. The maximum atomic E-state index is 13.4. The van der Waals surface area contributed by atoms with Crippen molar-refractivity contribution in [2.24, 2.45) is 0 Å². The second-order valence-electron chi connectivity index (χ2n) is 4.28. The molecule has 2 aromatic carbocycles. The van der Waals surface area contributed by atoms with Crippen LogP contribution in [-0.4, -0.2) is 13.3 Å². The largest absolute Gasteiger partial charge is 0.309 e. The zero-order valence-electron chi connectivity index (χ0n) is 11.1. The van der Waals surface area contributed by atoms with Gasteiger partial charge in [-0.3, -0.25) is 0 Å². The maximum Gasteiger partial charge on any atom is 0.160 e. The highest BCUT2D eigenvalue weighted by Gasteiger charge is 2.18. The molecule has 0 saturated carbocycles. The van der Waals surface area contributed by atoms with Crippen LogP contribution < -0.4 is 5.32 Å². The van der Waals surface area contributed by atoms with E-state index in [4.69, 9.17) is 11.6 Å². The third kappa shape index (κ3) is 3.14. The molecule has 0 aliphatic carbocycles. The lowest BCUT2D eigenvalue weighted by Gasteiger charge is -2.19. The van der Waals surface area contributed by atoms with Crippen LogP contribution in [0, 0.1) is 11.6 Å². The van der Waals surface area contributed by atoms with Crippen LogP contribution >= 0.6 is 23.4 Å². The minimum absolute atomic E-state index is 0.206. The topological polar surface area (TPSA) is 12.0 Å². The summed E-state index contributed by atoms with van der Waals surface area (Å²) in [5.41, 5.74) is 1.46. The molecule has 1 atom stereocenters. The van der Waals surface area contributed by atoms with Gasteiger partial charge in [-0.25, -0.2) is 8.78 Å². The van der Waals surface area contributed by atoms with E-state index in [2.05, 4.69) is 5.32 Å². The van der Waals surface area contributed by atoms with E-state index in [-0.39, 0.29) is 11.1 Å². The maximum absolute atomic E-state index is 13.4. The predicted molar refractivity (Wildman–Crippen MR) is 80.5 cm³/mol. The predicted octanol–water partition coefficient (Wildman–Crippen LogP) is 4.65. The van der Waals surface area contributed by atoms with E-state index in [9.17, 15) is 8.78 Å². The molecule has 0 aromatic heterocycles. The average Bonchev–Trinajstić information content (AvgIpc) is 2.46. The van der Waals surface area contributed by atoms with Gasteiger partial charge in [-0.2, -0.15) is 0 Å². The van der Waals surface area contributed by atoms with Gasteiger partial charge in [0.25, 0.3) is 0 Å². The van der Waals surface area contributed by atoms with E-state index in [1.807, 2.05) is 30.5 Å². The van der Waals surface area contributed by atoms with Gasteiger partial charge in [0.05, 0.1) is 6.04 Å². The van der Waals surface area contributed by atoms with Crippen molar-refractivity contribution in [1.82, 2.24) is 5.32 Å². The Morgan fingerprint density at radius 2 is 1.70 bits per heavy atom. The van der Waals surface area contributed by atoms with Gasteiger partial charge in [-0.1, -0.05) is 23.7 Å². The Bertz CT molecular complexity index is 602. The van der Waals surface area contributed by atoms with E-state index in [1.165, 1.54) is 0 Å². The van der Waals surface area contributed by atoms with E-state index >= 15 is 0 Å². The summed E-state index contributed by atoms with van der Waals surface area (Å²) in [6.45, 7) is 0. The summed E-state index contributed by atoms with van der Waals surface area (Å²) in [5, 5.41) is 3.28. The quantitative estimate of drug-likeness (QED) is 0.651. The molecule has 1 unspecified atom stereocenters. The number of nitrogens with one attached hydrogen (secondary N) is 1. The van der Waals surface area contributed by atoms with Crippen molar-refractivity contribution in [1.29, 1.82) is 0 Å². The first-order valence-electron chi connectivity index (χ1n) is 6.02. The Labute approximate surface area is 126 Å². The highest BCUT2D eigenvalue weighted by atomic mass is 35.5. The van der Waals surface area contributed by atoms with Gasteiger partial charge < -0.3 is 5.32 Å². The second-order valence-corrected chi connectivity index (χ2v) is 5.57. The summed E-state index contributed by atoms with van der Waals surface area (Å²) in [7, 11) is 1.75. The summed E-state index contributed by atoms with van der Waals surface area (Å²) in [4.78, 5) is 1.14. The Balaban J connectivity index is 2.43. The highest BCUT2D eigenvalue weighted by molar-refractivity contribution is 7.98. The summed E-state index contributed by atoms with van der Waals surface area (Å²) in [6.07, 6.45) is 2.00. The molecule has 0 fully saturated rings. The Hall–Kier alpha value is -1.10. The third-order valence-corrected chi connectivity index (χ3v) is 4.16. The van der Waals surface area contributed by atoms with Gasteiger partial charge in [0.2, 0.25) is 0 Å². The number of hydrogen-bond acceptors (Lipinski definition) is 2. The van der Waals surface area contributed by atoms with Crippen molar-refractivity contribution < 1.29 is 8.78 Å². The molecule has 1 N–H and O–H groups in total. The normalized spacial score (nSPS) is 12.4. The molecule has 0 bridgehead atoms. The minimum Gasteiger partial charge on any atom is -0.309 e. The summed E-state index contributed by atoms with van der Waals surface area (Å²) in [5.74, 6) is -1.84. The standard InChI is InChI=1S/C15H14ClF2NS/c1-19-15(9-3-5-10(20-2)6-4-9)11-7-13(17)14(18)8-12(11)16/h3-8,15,19H,1-2H3. The molecule has 5 heteroatoms. The second kappa shape index (κ2) is 6.57. The Kier molecular flexibility index (Phi) is 5.02. The van der Waals surface area contributed by atoms with Gasteiger partial charge in [-0.05, 0) is 48.7 Å². The molecule has 20 heavy (non-hydrogen) atoms. The average molecular weight is 314 g/mol. The molecule has 0 spiro atoms. The van der Waals surface area contributed by atoms with Crippen molar-refractivity contribution in [2.75, 3.05) is 13.3 Å². The molecule has 0 heterocycles. The van der Waals surface area contributed by atoms with Gasteiger partial charge >= 0.3 is 0 Å². The number of thioether (sulfide) groups is 1. The van der Waals surface area contributed by atoms with Crippen LogP contribution in [0.2, 0.25) is 5.02 Å². The SMILES string of the molecule is CNC(c1ccc(SC)cc1)c1cc(F)c(F)cc1Cl. The number of benzene rings is 2. The first-order chi connectivity index (χ1) is 9.56. The molecule has 2 aromatic rings. The monoisotopic (exact) mass is 313 g/mol. The number of rotatable bonds is 4. The molecule has 106 valence electrons. The summed E-state index contributed by atoms with van der Waals surface area (Å²) < 4.78 is 26.6. The molecular formula is C15H14ClF2NS. The fraction of sp³-hybridized carbons (Fsp3) is 0.200. The number of halogens is 3. The first-order valence-corrected chi connectivity index (χ1v) is 7.62. The van der Waals surface area contributed by atoms with Crippen LogP contribution in [0.1, 0.15) is 17.2 Å². The zero-order valence-corrected chi connectivity index (χ0v) is 12.7. The van der Waals surface area contributed by atoms with Crippen molar-refractivity contribution in [3.8, 4) is 0 Å². The molecule has 0 saturated heterocycles. The molecule has 2 rings (SSSR count).